The Balaban J connectivity index is 2.86. The smallest absolute Gasteiger partial charge is 0.191 e. The Labute approximate surface area is 68.0 Å². The second-order valence-corrected chi connectivity index (χ2v) is 2.52. The van der Waals surface area contributed by atoms with Gasteiger partial charge in [-0.15, -0.1) is 0 Å². The molecule has 0 saturated carbocycles. The highest BCUT2D eigenvalue weighted by molar-refractivity contribution is 5.59. The Bertz CT molecular complexity index is 435. The van der Waals surface area contributed by atoms with Crippen molar-refractivity contribution < 1.29 is 4.39 Å². The van der Waals surface area contributed by atoms with Crippen LogP contribution in [0, 0.1) is 5.95 Å². The van der Waals surface area contributed by atoms with Crippen molar-refractivity contribution in [2.45, 2.75) is 0 Å². The molecule has 0 radical (unpaired) electrons. The summed E-state index contributed by atoms with van der Waals surface area (Å²) in [5, 5.41) is 0. The van der Waals surface area contributed by atoms with E-state index in [4.69, 9.17) is 0 Å². The molecule has 0 fully saturated rings. The van der Waals surface area contributed by atoms with E-state index in [1.165, 1.54) is 18.2 Å². The van der Waals surface area contributed by atoms with Crippen molar-refractivity contribution in [3.05, 3.63) is 46.5 Å². The molecule has 0 saturated heterocycles. The molecule has 1 N–H and O–H groups in total. The van der Waals surface area contributed by atoms with E-state index in [9.17, 15) is 9.18 Å². The molecule has 0 spiro atoms. The predicted octanol–water partition coefficient (Wildman–Crippen LogP) is 1.62. The third kappa shape index (κ3) is 0.993. The lowest BCUT2D eigenvalue weighted by atomic mass is 10.1. The number of pyridine rings is 1. The van der Waals surface area contributed by atoms with Gasteiger partial charge in [-0.05, 0) is 24.3 Å². The Morgan fingerprint density at radius 2 is 2.00 bits per heavy atom. The minimum absolute atomic E-state index is 0.0937. The molecule has 0 aromatic rings. The number of aromatic nitrogens is 1. The molecule has 3 heteroatoms. The number of halogens is 1. The first-order chi connectivity index (χ1) is 5.77. The third-order valence-electron chi connectivity index (χ3n) is 1.72. The molecule has 0 unspecified atom stereocenters. The molecule has 0 bridgehead atoms. The Kier molecular flexibility index (Phi) is 1.43. The van der Waals surface area contributed by atoms with Crippen LogP contribution in [0.5, 0.6) is 0 Å². The molecule has 0 atom stereocenters. The van der Waals surface area contributed by atoms with Gasteiger partial charge in [-0.2, -0.15) is 4.39 Å². The maximum atomic E-state index is 12.6. The fourth-order valence-corrected chi connectivity index (χ4v) is 1.15. The molecule has 12 heavy (non-hydrogen) atoms. The summed E-state index contributed by atoms with van der Waals surface area (Å²) in [5.41, 5.74) is 0.949. The zero-order chi connectivity index (χ0) is 8.55. The average Bonchev–Trinajstić information content (AvgIpc) is 2.04. The van der Waals surface area contributed by atoms with Crippen LogP contribution in [0.3, 0.4) is 0 Å². The van der Waals surface area contributed by atoms with Crippen molar-refractivity contribution >= 4 is 0 Å². The van der Waals surface area contributed by atoms with Gasteiger partial charge in [0.1, 0.15) is 0 Å². The average molecular weight is 163 g/mol. The van der Waals surface area contributed by atoms with E-state index >= 15 is 0 Å². The lowest BCUT2D eigenvalue weighted by Gasteiger charge is -2.02. The molecule has 1 heterocycles. The number of H-pyrrole nitrogens is 1. The molecule has 0 aromatic carbocycles. The van der Waals surface area contributed by atoms with Crippen LogP contribution in [0.15, 0.2) is 35.1 Å². The van der Waals surface area contributed by atoms with Gasteiger partial charge < -0.3 is 4.98 Å². The van der Waals surface area contributed by atoms with Crippen molar-refractivity contribution in [3.8, 4) is 11.3 Å². The van der Waals surface area contributed by atoms with Crippen LogP contribution in [0.4, 0.5) is 4.39 Å². The molecular formula is C9H6FNO. The quantitative estimate of drug-likeness (QED) is 0.588. The number of nitrogens with one attached hydrogen (secondary N) is 1. The van der Waals surface area contributed by atoms with Gasteiger partial charge in [-0.1, -0.05) is 6.07 Å². The van der Waals surface area contributed by atoms with Crippen molar-refractivity contribution in [1.29, 1.82) is 0 Å². The molecule has 1 aliphatic carbocycles. The first-order valence-corrected chi connectivity index (χ1v) is 3.55. The fourth-order valence-electron chi connectivity index (χ4n) is 1.15. The SMILES string of the molecule is O=c1cccc2[nH]c(F)ccc1-2. The molecule has 1 aliphatic heterocycles. The summed E-state index contributed by atoms with van der Waals surface area (Å²) < 4.78 is 12.6. The maximum absolute atomic E-state index is 12.6. The first-order valence-electron chi connectivity index (χ1n) is 3.55. The molecule has 2 rings (SSSR count). The largest absolute Gasteiger partial charge is 0.331 e. The summed E-state index contributed by atoms with van der Waals surface area (Å²) in [7, 11) is 0. The van der Waals surface area contributed by atoms with Gasteiger partial charge in [0, 0.05) is 5.56 Å². The summed E-state index contributed by atoms with van der Waals surface area (Å²) in [4.78, 5) is 13.6. The zero-order valence-electron chi connectivity index (χ0n) is 6.17. The number of hydrogen-bond acceptors (Lipinski definition) is 1. The number of hydrogen-bond donors (Lipinski definition) is 1. The predicted molar refractivity (Wildman–Crippen MR) is 43.6 cm³/mol. The van der Waals surface area contributed by atoms with Crippen LogP contribution < -0.4 is 5.43 Å². The van der Waals surface area contributed by atoms with Crippen LogP contribution in [-0.2, 0) is 0 Å². The van der Waals surface area contributed by atoms with Gasteiger partial charge in [0.15, 0.2) is 11.4 Å². The van der Waals surface area contributed by atoms with E-state index in [0.717, 1.165) is 0 Å². The Morgan fingerprint density at radius 1 is 1.17 bits per heavy atom. The molecule has 0 amide bonds. The molecule has 0 aromatic heterocycles. The van der Waals surface area contributed by atoms with Gasteiger partial charge in [0.2, 0.25) is 0 Å². The first kappa shape index (κ1) is 7.03. The van der Waals surface area contributed by atoms with Crippen LogP contribution in [0.2, 0.25) is 0 Å². The normalized spacial score (nSPS) is 10.4. The standard InChI is InChI=1S/C9H6FNO/c10-9-5-4-6-7(11-9)2-1-3-8(6)12/h1-5,11H. The number of aromatic amines is 1. The number of rotatable bonds is 0. The molecule has 60 valence electrons. The summed E-state index contributed by atoms with van der Waals surface area (Å²) in [6.07, 6.45) is 0. The Morgan fingerprint density at radius 3 is 2.83 bits per heavy atom. The highest BCUT2D eigenvalue weighted by Gasteiger charge is 2.04. The van der Waals surface area contributed by atoms with E-state index in [1.54, 1.807) is 12.1 Å². The molecule has 2 aliphatic rings. The molecule has 2 nitrogen and oxygen atoms in total. The highest BCUT2D eigenvalue weighted by Crippen LogP contribution is 2.13. The number of benzene rings is 1. The van der Waals surface area contributed by atoms with Crippen molar-refractivity contribution in [1.82, 2.24) is 4.98 Å². The van der Waals surface area contributed by atoms with Crippen LogP contribution in [0.25, 0.3) is 11.3 Å². The second-order valence-electron chi connectivity index (χ2n) is 2.52. The summed E-state index contributed by atoms with van der Waals surface area (Å²) in [5.74, 6) is -0.437. The van der Waals surface area contributed by atoms with E-state index in [-0.39, 0.29) is 5.43 Å². The van der Waals surface area contributed by atoms with E-state index in [1.807, 2.05) is 0 Å². The zero-order valence-corrected chi connectivity index (χ0v) is 6.17. The minimum Gasteiger partial charge on any atom is -0.331 e. The molecular weight excluding hydrogens is 157 g/mol. The van der Waals surface area contributed by atoms with Gasteiger partial charge in [0.25, 0.3) is 0 Å². The summed E-state index contributed by atoms with van der Waals surface area (Å²) in [6, 6.07) is 7.43. The van der Waals surface area contributed by atoms with Gasteiger partial charge >= 0.3 is 0 Å². The summed E-state index contributed by atoms with van der Waals surface area (Å²) >= 11 is 0. The van der Waals surface area contributed by atoms with Gasteiger partial charge in [-0.3, -0.25) is 4.79 Å². The van der Waals surface area contributed by atoms with Crippen molar-refractivity contribution in [2.24, 2.45) is 0 Å². The fraction of sp³-hybridized carbons (Fsp3) is 0. The lowest BCUT2D eigenvalue weighted by molar-refractivity contribution is 0.585. The van der Waals surface area contributed by atoms with E-state index in [2.05, 4.69) is 4.98 Å². The monoisotopic (exact) mass is 163 g/mol. The van der Waals surface area contributed by atoms with Crippen LogP contribution in [0.1, 0.15) is 0 Å². The highest BCUT2D eigenvalue weighted by atomic mass is 19.1. The second kappa shape index (κ2) is 2.44. The van der Waals surface area contributed by atoms with Crippen molar-refractivity contribution in [3.63, 3.8) is 0 Å². The summed E-state index contributed by atoms with van der Waals surface area (Å²) in [6.45, 7) is 0. The maximum Gasteiger partial charge on any atom is 0.191 e. The van der Waals surface area contributed by atoms with Crippen LogP contribution in [-0.4, -0.2) is 4.98 Å². The number of fused-ring (bicyclic) bond motifs is 1. The Hall–Kier alpha value is -1.64. The van der Waals surface area contributed by atoms with E-state index < -0.39 is 5.95 Å². The minimum atomic E-state index is -0.437. The van der Waals surface area contributed by atoms with Crippen molar-refractivity contribution in [2.75, 3.05) is 0 Å². The van der Waals surface area contributed by atoms with E-state index in [0.29, 0.717) is 11.3 Å². The van der Waals surface area contributed by atoms with Crippen LogP contribution >= 0.6 is 0 Å². The third-order valence-corrected chi connectivity index (χ3v) is 1.72. The van der Waals surface area contributed by atoms with Gasteiger partial charge in [-0.25, -0.2) is 0 Å². The topological polar surface area (TPSA) is 32.9 Å². The van der Waals surface area contributed by atoms with Gasteiger partial charge in [0.05, 0.1) is 5.69 Å². The lowest BCUT2D eigenvalue weighted by Crippen LogP contribution is -2.04.